The Bertz CT molecular complexity index is 121. The van der Waals surface area contributed by atoms with E-state index < -0.39 is 0 Å². The molecule has 1 aliphatic rings. The van der Waals surface area contributed by atoms with Crippen molar-refractivity contribution in [1.82, 2.24) is 0 Å². The number of hydrogen-bond acceptors (Lipinski definition) is 3. The molecule has 0 aromatic heterocycles. The Hall–Kier alpha value is 0.400. The molecule has 0 amide bonds. The highest BCUT2D eigenvalue weighted by Gasteiger charge is 2.21. The van der Waals surface area contributed by atoms with Crippen molar-refractivity contribution >= 4 is 23.5 Å². The first-order valence-electron chi connectivity index (χ1n) is 3.83. The van der Waals surface area contributed by atoms with Crippen LogP contribution in [0.2, 0.25) is 0 Å². The van der Waals surface area contributed by atoms with Gasteiger partial charge in [0.25, 0.3) is 0 Å². The van der Waals surface area contributed by atoms with E-state index in [0.717, 1.165) is 12.2 Å². The van der Waals surface area contributed by atoms with Crippen molar-refractivity contribution in [3.63, 3.8) is 0 Å². The molecule has 0 aromatic carbocycles. The van der Waals surface area contributed by atoms with Crippen LogP contribution in [0.15, 0.2) is 12.7 Å². The summed E-state index contributed by atoms with van der Waals surface area (Å²) in [6, 6.07) is 0. The van der Waals surface area contributed by atoms with Crippen molar-refractivity contribution in [3.05, 3.63) is 12.7 Å². The number of hydrogen-bond donors (Lipinski definition) is 1. The van der Waals surface area contributed by atoms with E-state index in [2.05, 4.69) is 6.58 Å². The summed E-state index contributed by atoms with van der Waals surface area (Å²) < 4.78 is 0. The van der Waals surface area contributed by atoms with Crippen molar-refractivity contribution in [2.75, 3.05) is 17.3 Å². The summed E-state index contributed by atoms with van der Waals surface area (Å²) in [5, 5.41) is 10.0. The van der Waals surface area contributed by atoms with Crippen LogP contribution in [-0.2, 0) is 0 Å². The number of rotatable bonds is 3. The predicted octanol–water partition coefficient (Wildman–Crippen LogP) is 1.77. The minimum Gasteiger partial charge on any atom is -0.392 e. The topological polar surface area (TPSA) is 20.2 Å². The van der Waals surface area contributed by atoms with Gasteiger partial charge in [0.1, 0.15) is 0 Å². The number of aliphatic hydroxyl groups is 1. The Morgan fingerprint density at radius 2 is 2.45 bits per heavy atom. The summed E-state index contributed by atoms with van der Waals surface area (Å²) in [5.74, 6) is 3.52. The molecule has 0 radical (unpaired) electrons. The second-order valence-electron chi connectivity index (χ2n) is 2.58. The zero-order valence-corrected chi connectivity index (χ0v) is 8.16. The predicted molar refractivity (Wildman–Crippen MR) is 54.4 cm³/mol. The first-order valence-corrected chi connectivity index (χ1v) is 6.03. The second kappa shape index (κ2) is 5.12. The Balaban J connectivity index is 2.26. The molecule has 1 saturated heterocycles. The maximum Gasteiger partial charge on any atom is 0.0701 e. The fraction of sp³-hybridized carbons (Fsp3) is 0.750. The lowest BCUT2D eigenvalue weighted by Crippen LogP contribution is -2.28. The second-order valence-corrected chi connectivity index (χ2v) is 5.07. The molecule has 1 N–H and O–H groups in total. The van der Waals surface area contributed by atoms with Gasteiger partial charge in [-0.1, -0.05) is 6.08 Å². The van der Waals surface area contributed by atoms with E-state index in [1.165, 1.54) is 11.5 Å². The average Bonchev–Trinajstić information content (AvgIpc) is 2.07. The van der Waals surface area contributed by atoms with Gasteiger partial charge in [-0.2, -0.15) is 23.5 Å². The third-order valence-corrected chi connectivity index (χ3v) is 4.58. The lowest BCUT2D eigenvalue weighted by Gasteiger charge is -2.24. The summed E-state index contributed by atoms with van der Waals surface area (Å²) in [6.45, 7) is 3.62. The molecule has 0 aromatic rings. The van der Waals surface area contributed by atoms with E-state index in [1.54, 1.807) is 6.08 Å². The fourth-order valence-electron chi connectivity index (χ4n) is 1.05. The van der Waals surface area contributed by atoms with Crippen molar-refractivity contribution < 1.29 is 5.11 Å². The molecule has 11 heavy (non-hydrogen) atoms. The quantitative estimate of drug-likeness (QED) is 0.685. The molecule has 2 atom stereocenters. The molecule has 0 saturated carbocycles. The maximum atomic E-state index is 9.57. The molecule has 1 aliphatic heterocycles. The van der Waals surface area contributed by atoms with E-state index in [0.29, 0.717) is 5.25 Å². The first-order chi connectivity index (χ1) is 5.34. The Labute approximate surface area is 76.6 Å². The smallest absolute Gasteiger partial charge is 0.0701 e. The molecule has 0 bridgehead atoms. The zero-order chi connectivity index (χ0) is 8.10. The van der Waals surface area contributed by atoms with Gasteiger partial charge in [0.05, 0.1) is 6.10 Å². The highest BCUT2D eigenvalue weighted by atomic mass is 32.2. The molecule has 1 nitrogen and oxygen atoms in total. The minimum atomic E-state index is -0.176. The van der Waals surface area contributed by atoms with Crippen molar-refractivity contribution in [3.8, 4) is 0 Å². The van der Waals surface area contributed by atoms with Crippen LogP contribution in [0.1, 0.15) is 6.42 Å². The van der Waals surface area contributed by atoms with Gasteiger partial charge in [-0.3, -0.25) is 0 Å². The Morgan fingerprint density at radius 1 is 1.64 bits per heavy atom. The molecule has 1 heterocycles. The van der Waals surface area contributed by atoms with Crippen LogP contribution in [0.5, 0.6) is 0 Å². The van der Waals surface area contributed by atoms with Crippen molar-refractivity contribution in [1.29, 1.82) is 0 Å². The van der Waals surface area contributed by atoms with Crippen LogP contribution in [0.4, 0.5) is 0 Å². The molecule has 3 heteroatoms. The highest BCUT2D eigenvalue weighted by molar-refractivity contribution is 8.06. The molecule has 0 aliphatic carbocycles. The van der Waals surface area contributed by atoms with Gasteiger partial charge in [0.15, 0.2) is 0 Å². The fourth-order valence-corrected chi connectivity index (χ4v) is 3.84. The zero-order valence-electron chi connectivity index (χ0n) is 6.53. The van der Waals surface area contributed by atoms with Gasteiger partial charge in [0, 0.05) is 22.5 Å². The lowest BCUT2D eigenvalue weighted by atomic mass is 10.2. The summed E-state index contributed by atoms with van der Waals surface area (Å²) in [5.41, 5.74) is 0. The molecule has 64 valence electrons. The molecular formula is C8H14OS2. The van der Waals surface area contributed by atoms with Gasteiger partial charge in [0.2, 0.25) is 0 Å². The summed E-state index contributed by atoms with van der Waals surface area (Å²) in [4.78, 5) is 0. The van der Waals surface area contributed by atoms with Gasteiger partial charge in [-0.25, -0.2) is 0 Å². The number of thioether (sulfide) groups is 2. The van der Waals surface area contributed by atoms with E-state index in [9.17, 15) is 5.11 Å². The number of aliphatic hydroxyl groups excluding tert-OH is 1. The molecule has 0 spiro atoms. The van der Waals surface area contributed by atoms with Gasteiger partial charge in [-0.05, 0) is 6.42 Å². The summed E-state index contributed by atoms with van der Waals surface area (Å²) in [6.07, 6.45) is 2.35. The molecule has 1 rings (SSSR count). The lowest BCUT2D eigenvalue weighted by molar-refractivity contribution is 0.180. The van der Waals surface area contributed by atoms with Crippen LogP contribution in [0.25, 0.3) is 0 Å². The third kappa shape index (κ3) is 3.09. The third-order valence-electron chi connectivity index (χ3n) is 1.68. The largest absolute Gasteiger partial charge is 0.392 e. The van der Waals surface area contributed by atoms with Crippen LogP contribution >= 0.6 is 23.5 Å². The highest BCUT2D eigenvalue weighted by Crippen LogP contribution is 2.27. The average molecular weight is 190 g/mol. The minimum absolute atomic E-state index is 0.176. The van der Waals surface area contributed by atoms with Crippen LogP contribution < -0.4 is 0 Å². The van der Waals surface area contributed by atoms with E-state index in [4.69, 9.17) is 0 Å². The maximum absolute atomic E-state index is 9.57. The molecule has 1 fully saturated rings. The molecule has 2 unspecified atom stereocenters. The standard InChI is InChI=1S/C8H14OS2/c1-2-3-7(9)8-6-10-4-5-11-8/h2,7-9H,1,3-6H2. The first kappa shape index (κ1) is 9.49. The van der Waals surface area contributed by atoms with E-state index >= 15 is 0 Å². The monoisotopic (exact) mass is 190 g/mol. The van der Waals surface area contributed by atoms with Crippen molar-refractivity contribution in [2.45, 2.75) is 17.8 Å². The summed E-state index contributed by atoms with van der Waals surface area (Å²) >= 11 is 3.83. The summed E-state index contributed by atoms with van der Waals surface area (Å²) in [7, 11) is 0. The SMILES string of the molecule is C=CCC(O)C1CSCCS1. The van der Waals surface area contributed by atoms with Gasteiger partial charge >= 0.3 is 0 Å². The van der Waals surface area contributed by atoms with E-state index in [1.807, 2.05) is 23.5 Å². The van der Waals surface area contributed by atoms with Crippen molar-refractivity contribution in [2.24, 2.45) is 0 Å². The molecular weight excluding hydrogens is 176 g/mol. The van der Waals surface area contributed by atoms with Crippen LogP contribution in [0.3, 0.4) is 0 Å². The van der Waals surface area contributed by atoms with Gasteiger partial charge < -0.3 is 5.11 Å². The Kier molecular flexibility index (Phi) is 4.41. The van der Waals surface area contributed by atoms with Gasteiger partial charge in [-0.15, -0.1) is 6.58 Å². The van der Waals surface area contributed by atoms with E-state index in [-0.39, 0.29) is 6.10 Å². The normalized spacial score (nSPS) is 27.9. The Morgan fingerprint density at radius 3 is 3.00 bits per heavy atom. The van der Waals surface area contributed by atoms with Crippen LogP contribution in [0, 0.1) is 0 Å². The van der Waals surface area contributed by atoms with Crippen LogP contribution in [-0.4, -0.2) is 33.7 Å².